The monoisotopic (exact) mass is 356 g/mol. The first-order chi connectivity index (χ1) is 9.83. The molecule has 12 heteroatoms. The average molecular weight is 356 g/mol. The maximum Gasteiger partial charge on any atom is 0.397 e. The van der Waals surface area contributed by atoms with E-state index in [1.54, 1.807) is 24.3 Å². The van der Waals surface area contributed by atoms with E-state index in [2.05, 4.69) is 0 Å². The molecule has 0 bridgehead atoms. The van der Waals surface area contributed by atoms with Crippen LogP contribution in [0.2, 0.25) is 0 Å². The lowest BCUT2D eigenvalue weighted by Gasteiger charge is -2.03. The van der Waals surface area contributed by atoms with Crippen LogP contribution in [0.4, 0.5) is 0 Å². The van der Waals surface area contributed by atoms with Crippen LogP contribution in [0.15, 0.2) is 24.3 Å². The lowest BCUT2D eigenvalue weighted by molar-refractivity contribution is -0.133. The zero-order chi connectivity index (χ0) is 17.6. The molecule has 22 heavy (non-hydrogen) atoms. The number of hydrogen-bond acceptors (Lipinski definition) is 8. The lowest BCUT2D eigenvalue weighted by Crippen LogP contribution is -2.11. The highest BCUT2D eigenvalue weighted by molar-refractivity contribution is 8.62. The molecule has 10 nitrogen and oxygen atoms in total. The number of ether oxygens (including phenoxy) is 2. The molecule has 0 fully saturated rings. The summed E-state index contributed by atoms with van der Waals surface area (Å²) in [4.78, 5) is 21.1. The zero-order valence-corrected chi connectivity index (χ0v) is 12.9. The number of carbonyl (C=O) groups excluding carboxylic acids is 2. The van der Waals surface area contributed by atoms with Gasteiger partial charge in [-0.3, -0.25) is 18.7 Å². The molecule has 0 heterocycles. The Hall–Kier alpha value is -2.02. The maximum absolute atomic E-state index is 10.6. The molecule has 0 atom stereocenters. The summed E-state index contributed by atoms with van der Waals surface area (Å²) in [5.41, 5.74) is 0. The third-order valence-corrected chi connectivity index (χ3v) is 3.74. The van der Waals surface area contributed by atoms with Crippen molar-refractivity contribution < 1.29 is 45.0 Å². The smallest absolute Gasteiger partial charge is 0.397 e. The normalized spacial score (nSPS) is 10.9. The summed E-state index contributed by atoms with van der Waals surface area (Å²) in [7, 11) is -10.6. The van der Waals surface area contributed by atoms with Gasteiger partial charge in [-0.15, -0.1) is 0 Å². The second-order valence-corrected chi connectivity index (χ2v) is 7.75. The van der Waals surface area contributed by atoms with Crippen molar-refractivity contribution in [1.82, 2.24) is 0 Å². The van der Waals surface area contributed by atoms with Crippen LogP contribution in [-0.4, -0.2) is 37.9 Å². The van der Waals surface area contributed by atoms with E-state index in [1.807, 2.05) is 0 Å². The molecule has 0 aromatic heterocycles. The van der Waals surface area contributed by atoms with Gasteiger partial charge in [-0.2, -0.15) is 16.8 Å². The average Bonchev–Trinajstić information content (AvgIpc) is 2.28. The highest BCUT2D eigenvalue weighted by atomic mass is 33.2. The fourth-order valence-electron chi connectivity index (χ4n) is 0.908. The van der Waals surface area contributed by atoms with Gasteiger partial charge in [0.2, 0.25) is 0 Å². The minimum Gasteiger partial charge on any atom is -0.427 e. The summed E-state index contributed by atoms with van der Waals surface area (Å²) in [5.74, 6) is 0.0808. The van der Waals surface area contributed by atoms with Gasteiger partial charge in [0.15, 0.2) is 0 Å². The quantitative estimate of drug-likeness (QED) is 0.331. The molecule has 1 aromatic rings. The molecule has 0 aliphatic heterocycles. The van der Waals surface area contributed by atoms with E-state index in [4.69, 9.17) is 18.6 Å². The van der Waals surface area contributed by atoms with Gasteiger partial charge in [-0.25, -0.2) is 0 Å². The first kappa shape index (κ1) is 20.0. The summed E-state index contributed by atoms with van der Waals surface area (Å²) >= 11 is 0. The highest BCUT2D eigenvalue weighted by Crippen LogP contribution is 2.17. The highest BCUT2D eigenvalue weighted by Gasteiger charge is 2.22. The topological polar surface area (TPSA) is 161 Å². The van der Waals surface area contributed by atoms with Crippen LogP contribution in [0, 0.1) is 0 Å². The zero-order valence-electron chi connectivity index (χ0n) is 11.3. The molecule has 124 valence electrons. The van der Waals surface area contributed by atoms with E-state index < -0.39 is 18.3 Å². The predicted octanol–water partition coefficient (Wildman–Crippen LogP) is 0.214. The van der Waals surface area contributed by atoms with Crippen LogP contribution >= 0.6 is 0 Å². The summed E-state index contributed by atoms with van der Waals surface area (Å²) < 4.78 is 62.0. The molecule has 0 unspecified atom stereocenters. The first-order valence-corrected chi connectivity index (χ1v) is 8.64. The molecule has 0 saturated heterocycles. The molecule has 0 amide bonds. The van der Waals surface area contributed by atoms with Crippen molar-refractivity contribution in [2.45, 2.75) is 13.8 Å². The van der Waals surface area contributed by atoms with E-state index in [-0.39, 0.29) is 11.9 Å². The number of rotatable bonds is 3. The van der Waals surface area contributed by atoms with Crippen LogP contribution < -0.4 is 9.47 Å². The van der Waals surface area contributed by atoms with Crippen LogP contribution in [-0.2, 0) is 27.9 Å². The Morgan fingerprint density at radius 2 is 1.00 bits per heavy atom. The molecule has 1 aromatic carbocycles. The Balaban J connectivity index is 0.000000472. The molecular weight excluding hydrogens is 344 g/mol. The second-order valence-electron chi connectivity index (χ2n) is 3.51. The fourth-order valence-corrected chi connectivity index (χ4v) is 0.908. The minimum absolute atomic E-state index is 0.384. The molecule has 1 rings (SSSR count). The Bertz CT molecular complexity index is 665. The number of carbonyl (C=O) groups is 2. The second kappa shape index (κ2) is 7.84. The van der Waals surface area contributed by atoms with E-state index in [0.717, 1.165) is 0 Å². The van der Waals surface area contributed by atoms with Crippen LogP contribution in [0.5, 0.6) is 11.5 Å². The Morgan fingerprint density at radius 1 is 0.773 bits per heavy atom. The third kappa shape index (κ3) is 8.31. The van der Waals surface area contributed by atoms with Gasteiger partial charge in [-0.05, 0) is 24.3 Å². The van der Waals surface area contributed by atoms with E-state index in [1.165, 1.54) is 13.8 Å². The standard InChI is InChI=1S/C10H10O4.H2O6S2/c1-7(11)13-9-3-5-10(6-4-9)14-8(2)12;1-7(2,3)8(4,5)6/h3-6H,1-2H3;(H,1,2,3)(H,4,5,6). The van der Waals surface area contributed by atoms with Crippen molar-refractivity contribution in [1.29, 1.82) is 0 Å². The van der Waals surface area contributed by atoms with E-state index >= 15 is 0 Å². The van der Waals surface area contributed by atoms with Gasteiger partial charge >= 0.3 is 30.2 Å². The summed E-state index contributed by atoms with van der Waals surface area (Å²) in [6, 6.07) is 6.22. The van der Waals surface area contributed by atoms with Gasteiger partial charge in [-0.1, -0.05) is 0 Å². The SMILES string of the molecule is CC(=O)Oc1ccc(OC(C)=O)cc1.O=S(=O)(O)S(=O)(=O)O. The summed E-state index contributed by atoms with van der Waals surface area (Å²) in [6.45, 7) is 2.64. The van der Waals surface area contributed by atoms with E-state index in [9.17, 15) is 26.4 Å². The molecular formula is C10H12O10S2. The molecule has 0 aliphatic rings. The van der Waals surface area contributed by atoms with Gasteiger partial charge in [0.05, 0.1) is 0 Å². The molecule has 2 N–H and O–H groups in total. The largest absolute Gasteiger partial charge is 0.427 e. The summed E-state index contributed by atoms with van der Waals surface area (Å²) in [6.07, 6.45) is 0. The molecule has 0 spiro atoms. The van der Waals surface area contributed by atoms with Crippen LogP contribution in [0.3, 0.4) is 0 Å². The van der Waals surface area contributed by atoms with Gasteiger partial charge in [0, 0.05) is 13.8 Å². The van der Waals surface area contributed by atoms with Crippen molar-refractivity contribution in [2.24, 2.45) is 0 Å². The van der Waals surface area contributed by atoms with E-state index in [0.29, 0.717) is 11.5 Å². The minimum atomic E-state index is -5.31. The Morgan fingerprint density at radius 3 is 1.14 bits per heavy atom. The predicted molar refractivity (Wildman–Crippen MR) is 72.2 cm³/mol. The van der Waals surface area contributed by atoms with Crippen molar-refractivity contribution in [3.8, 4) is 11.5 Å². The molecule has 0 aliphatic carbocycles. The number of esters is 2. The van der Waals surface area contributed by atoms with Gasteiger partial charge in [0.25, 0.3) is 0 Å². The van der Waals surface area contributed by atoms with Gasteiger partial charge in [0.1, 0.15) is 11.5 Å². The number of benzene rings is 1. The third-order valence-electron chi connectivity index (χ3n) is 1.61. The maximum atomic E-state index is 10.6. The van der Waals surface area contributed by atoms with Crippen LogP contribution in [0.1, 0.15) is 13.8 Å². The molecule has 0 saturated carbocycles. The number of hydrogen-bond donors (Lipinski definition) is 2. The Kier molecular flexibility index (Phi) is 7.12. The van der Waals surface area contributed by atoms with Crippen molar-refractivity contribution in [3.05, 3.63) is 24.3 Å². The van der Waals surface area contributed by atoms with Crippen molar-refractivity contribution in [2.75, 3.05) is 0 Å². The van der Waals surface area contributed by atoms with Crippen molar-refractivity contribution >= 4 is 30.2 Å². The van der Waals surface area contributed by atoms with Crippen molar-refractivity contribution in [3.63, 3.8) is 0 Å². The van der Waals surface area contributed by atoms with Crippen LogP contribution in [0.25, 0.3) is 0 Å². The Labute approximate surface area is 125 Å². The first-order valence-electron chi connectivity index (χ1n) is 5.24. The fraction of sp³-hybridized carbons (Fsp3) is 0.200. The molecule has 0 radical (unpaired) electrons. The van der Waals surface area contributed by atoms with Gasteiger partial charge < -0.3 is 9.47 Å². The summed E-state index contributed by atoms with van der Waals surface area (Å²) in [5, 5.41) is 0. The lowest BCUT2D eigenvalue weighted by atomic mass is 10.3.